The van der Waals surface area contributed by atoms with Gasteiger partial charge < -0.3 is 15.9 Å². The summed E-state index contributed by atoms with van der Waals surface area (Å²) in [7, 11) is 0. The van der Waals surface area contributed by atoms with Gasteiger partial charge in [0.25, 0.3) is 0 Å². The fourth-order valence-electron chi connectivity index (χ4n) is 6.75. The lowest BCUT2D eigenvalue weighted by atomic mass is 9.71. The number of unbranched alkanes of at least 4 members (excludes halogenated alkanes) is 5. The Morgan fingerprint density at radius 3 is 2.61 bits per heavy atom. The van der Waals surface area contributed by atoms with Crippen molar-refractivity contribution in [2.24, 2.45) is 17.6 Å². The topological polar surface area (TPSA) is 83.5 Å². The number of hydrogen-bond donors (Lipinski definition) is 3. The molecule has 3 atom stereocenters. The van der Waals surface area contributed by atoms with Crippen LogP contribution >= 0.6 is 0 Å². The first-order chi connectivity index (χ1) is 18.5. The molecule has 4 nitrogen and oxygen atoms in total. The zero-order valence-electron chi connectivity index (χ0n) is 23.9. The maximum atomic E-state index is 11.0. The highest BCUT2D eigenvalue weighted by Gasteiger charge is 2.29. The summed E-state index contributed by atoms with van der Waals surface area (Å²) >= 11 is 0. The van der Waals surface area contributed by atoms with Crippen molar-refractivity contribution in [2.45, 2.75) is 128 Å². The van der Waals surface area contributed by atoms with E-state index >= 15 is 0 Å². The molecular weight excluding hydrogens is 470 g/mol. The van der Waals surface area contributed by atoms with Crippen molar-refractivity contribution < 1.29 is 15.0 Å². The molecule has 0 bridgehead atoms. The lowest BCUT2D eigenvalue weighted by Crippen LogP contribution is -2.19. The molecule has 0 amide bonds. The Morgan fingerprint density at radius 2 is 1.84 bits per heavy atom. The summed E-state index contributed by atoms with van der Waals surface area (Å²) in [5.41, 5.74) is 11.3. The zero-order chi connectivity index (χ0) is 27.2. The minimum atomic E-state index is -0.713. The van der Waals surface area contributed by atoms with Gasteiger partial charge in [-0.2, -0.15) is 0 Å². The Kier molecular flexibility index (Phi) is 13.5. The lowest BCUT2D eigenvalue weighted by molar-refractivity contribution is -0.136. The van der Waals surface area contributed by atoms with Crippen molar-refractivity contribution in [1.82, 2.24) is 0 Å². The van der Waals surface area contributed by atoms with Crippen LogP contribution in [0.15, 0.2) is 41.5 Å². The Balaban J connectivity index is 1.55. The molecule has 1 aromatic carbocycles. The van der Waals surface area contributed by atoms with Gasteiger partial charge in [-0.25, -0.2) is 0 Å². The van der Waals surface area contributed by atoms with E-state index in [0.717, 1.165) is 56.6 Å². The Labute approximate surface area is 231 Å². The average Bonchev–Trinajstić information content (AvgIpc) is 3.35. The van der Waals surface area contributed by atoms with Crippen LogP contribution in [0.4, 0.5) is 0 Å². The third-order valence-electron chi connectivity index (χ3n) is 8.92. The number of allylic oxidation sites excluding steroid dienone is 3. The summed E-state index contributed by atoms with van der Waals surface area (Å²) in [6, 6.07) is 6.36. The first kappa shape index (κ1) is 30.5. The molecule has 0 aliphatic heterocycles. The minimum absolute atomic E-state index is 0.223. The maximum Gasteiger partial charge on any atom is 0.303 e. The predicted molar refractivity (Wildman–Crippen MR) is 159 cm³/mol. The van der Waals surface area contributed by atoms with E-state index in [4.69, 9.17) is 10.8 Å². The number of phenolic OH excluding ortho intramolecular Hbond substituents is 1. The Morgan fingerprint density at radius 1 is 1.03 bits per heavy atom. The van der Waals surface area contributed by atoms with E-state index in [1.165, 1.54) is 75.3 Å². The van der Waals surface area contributed by atoms with Crippen LogP contribution in [-0.4, -0.2) is 22.7 Å². The van der Waals surface area contributed by atoms with Crippen molar-refractivity contribution in [3.63, 3.8) is 0 Å². The molecular formula is C34H53NO3. The minimum Gasteiger partial charge on any atom is -0.508 e. The quantitative estimate of drug-likeness (QED) is 0.141. The number of carbonyl (C=O) groups is 1. The van der Waals surface area contributed by atoms with Crippen molar-refractivity contribution in [1.29, 1.82) is 0 Å². The fraction of sp³-hybridized carbons (Fsp3) is 0.676. The van der Waals surface area contributed by atoms with Gasteiger partial charge in [-0.3, -0.25) is 4.79 Å². The molecule has 4 heteroatoms. The monoisotopic (exact) mass is 523 g/mol. The van der Waals surface area contributed by atoms with Crippen LogP contribution in [0.3, 0.4) is 0 Å². The third-order valence-corrected chi connectivity index (χ3v) is 8.92. The average molecular weight is 524 g/mol. The van der Waals surface area contributed by atoms with E-state index in [-0.39, 0.29) is 6.42 Å². The van der Waals surface area contributed by atoms with Crippen LogP contribution in [0, 0.1) is 11.8 Å². The van der Waals surface area contributed by atoms with Crippen LogP contribution in [0.25, 0.3) is 0 Å². The third kappa shape index (κ3) is 10.2. The molecule has 1 saturated carbocycles. The van der Waals surface area contributed by atoms with Crippen LogP contribution < -0.4 is 5.73 Å². The highest BCUT2D eigenvalue weighted by molar-refractivity contribution is 5.66. The number of carboxylic acid groups (broad SMARTS) is 1. The molecule has 4 N–H and O–H groups in total. The molecule has 3 rings (SSSR count). The van der Waals surface area contributed by atoms with Gasteiger partial charge in [-0.15, -0.1) is 0 Å². The highest BCUT2D eigenvalue weighted by atomic mass is 16.4. The number of hydrogen-bond acceptors (Lipinski definition) is 3. The Bertz CT molecular complexity index is 918. The van der Waals surface area contributed by atoms with Crippen LogP contribution in [0.1, 0.15) is 133 Å². The van der Waals surface area contributed by atoms with E-state index < -0.39 is 5.97 Å². The molecule has 0 spiro atoms. The predicted octanol–water partition coefficient (Wildman–Crippen LogP) is 8.83. The van der Waals surface area contributed by atoms with E-state index in [1.807, 2.05) is 6.07 Å². The molecule has 0 saturated heterocycles. The lowest BCUT2D eigenvalue weighted by Gasteiger charge is -2.34. The number of rotatable bonds is 17. The second-order valence-electron chi connectivity index (χ2n) is 11.9. The summed E-state index contributed by atoms with van der Waals surface area (Å²) in [5, 5.41) is 19.5. The summed E-state index contributed by atoms with van der Waals surface area (Å²) in [5.74, 6) is 1.64. The van der Waals surface area contributed by atoms with Gasteiger partial charge in [-0.1, -0.05) is 80.9 Å². The molecule has 0 aromatic heterocycles. The summed E-state index contributed by atoms with van der Waals surface area (Å²) in [4.78, 5) is 11.0. The van der Waals surface area contributed by atoms with Gasteiger partial charge in [0.2, 0.25) is 0 Å². The van der Waals surface area contributed by atoms with Gasteiger partial charge >= 0.3 is 5.97 Å². The highest BCUT2D eigenvalue weighted by Crippen LogP contribution is 2.44. The molecule has 0 heterocycles. The normalized spacial score (nSPS) is 22.6. The summed E-state index contributed by atoms with van der Waals surface area (Å²) in [6.45, 7) is 3.00. The molecule has 212 valence electrons. The van der Waals surface area contributed by atoms with Crippen molar-refractivity contribution >= 4 is 5.97 Å². The second-order valence-corrected chi connectivity index (χ2v) is 11.9. The van der Waals surface area contributed by atoms with E-state index in [1.54, 1.807) is 5.57 Å². The standard InChI is InChI=1S/C34H53NO3/c1-2-3-6-13-31-25-30(18-20-33(31)36)32-19-17-27(11-9-14-34(37)38)24-29(32)12-8-5-4-7-10-26-15-16-28(23-26)21-22-35/h11,18,20,23,25-26,29,32,36H,2-10,12-17,19,21-22,24,35H2,1H3,(H,37,38). The molecule has 1 aromatic rings. The molecule has 2 aliphatic carbocycles. The van der Waals surface area contributed by atoms with E-state index in [9.17, 15) is 9.90 Å². The number of phenols is 1. The largest absolute Gasteiger partial charge is 0.508 e. The number of benzene rings is 1. The van der Waals surface area contributed by atoms with Crippen LogP contribution in [0.2, 0.25) is 0 Å². The first-order valence-corrected chi connectivity index (χ1v) is 15.6. The van der Waals surface area contributed by atoms with E-state index in [0.29, 0.717) is 24.0 Å². The number of aryl methyl sites for hydroxylation is 1. The van der Waals surface area contributed by atoms with Gasteiger partial charge in [-0.05, 0) is 112 Å². The van der Waals surface area contributed by atoms with Gasteiger partial charge in [0, 0.05) is 6.42 Å². The van der Waals surface area contributed by atoms with Gasteiger partial charge in [0.1, 0.15) is 5.75 Å². The van der Waals surface area contributed by atoms with E-state index in [2.05, 4.69) is 31.2 Å². The van der Waals surface area contributed by atoms with Crippen molar-refractivity contribution in [3.8, 4) is 5.75 Å². The first-order valence-electron chi connectivity index (χ1n) is 15.6. The molecule has 2 aliphatic rings. The second kappa shape index (κ2) is 16.8. The Hall–Kier alpha value is -2.07. The number of aliphatic carboxylic acids is 1. The SMILES string of the molecule is CCCCCc1cc(C2CCC(=CCCC(=O)O)CC2CCCCCCC2C=C(CCN)CC2)ccc1O. The van der Waals surface area contributed by atoms with Gasteiger partial charge in [0.15, 0.2) is 0 Å². The summed E-state index contributed by atoms with van der Waals surface area (Å²) in [6.07, 6.45) is 24.7. The number of aromatic hydroxyl groups is 1. The molecule has 38 heavy (non-hydrogen) atoms. The molecule has 1 fully saturated rings. The van der Waals surface area contributed by atoms with Crippen LogP contribution in [0.5, 0.6) is 5.75 Å². The van der Waals surface area contributed by atoms with Crippen molar-refractivity contribution in [3.05, 3.63) is 52.6 Å². The summed E-state index contributed by atoms with van der Waals surface area (Å²) < 4.78 is 0. The van der Waals surface area contributed by atoms with Crippen molar-refractivity contribution in [2.75, 3.05) is 6.54 Å². The zero-order valence-corrected chi connectivity index (χ0v) is 23.9. The maximum absolute atomic E-state index is 11.0. The fourth-order valence-corrected chi connectivity index (χ4v) is 6.75. The number of nitrogens with two attached hydrogens (primary N) is 1. The smallest absolute Gasteiger partial charge is 0.303 e. The van der Waals surface area contributed by atoms with Gasteiger partial charge in [0.05, 0.1) is 0 Å². The van der Waals surface area contributed by atoms with Crippen LogP contribution in [-0.2, 0) is 11.2 Å². The number of carboxylic acids is 1. The molecule has 3 unspecified atom stereocenters. The molecule has 0 radical (unpaired) electrons.